The summed E-state index contributed by atoms with van der Waals surface area (Å²) in [5.74, 6) is -0.749. The van der Waals surface area contributed by atoms with Gasteiger partial charge in [0.25, 0.3) is 0 Å². The molecule has 1 aromatic carbocycles. The number of carboxylic acid groups (broad SMARTS) is 1. The minimum absolute atomic E-state index is 0.0495. The van der Waals surface area contributed by atoms with Gasteiger partial charge >= 0.3 is 5.97 Å². The van der Waals surface area contributed by atoms with Gasteiger partial charge in [0.1, 0.15) is 5.75 Å². The number of benzene rings is 1. The fourth-order valence-corrected chi connectivity index (χ4v) is 2.77. The molecule has 106 valence electrons. The fraction of sp³-hybridized carbons (Fsp3) is 0.462. The zero-order chi connectivity index (χ0) is 14.3. The van der Waals surface area contributed by atoms with Crippen LogP contribution in [0.4, 0.5) is 0 Å². The summed E-state index contributed by atoms with van der Waals surface area (Å²) in [6, 6.07) is 7.50. The minimum atomic E-state index is -3.30. The molecule has 0 fully saturated rings. The van der Waals surface area contributed by atoms with E-state index in [1.807, 2.05) is 31.2 Å². The molecule has 0 aliphatic heterocycles. The van der Waals surface area contributed by atoms with Crippen LogP contribution in [0.15, 0.2) is 24.3 Å². The van der Waals surface area contributed by atoms with E-state index in [1.54, 1.807) is 0 Å². The molecule has 0 atom stereocenters. The van der Waals surface area contributed by atoms with E-state index in [-0.39, 0.29) is 17.9 Å². The van der Waals surface area contributed by atoms with Crippen molar-refractivity contribution in [2.45, 2.75) is 19.8 Å². The standard InChI is InChI=1S/C13H18O5S/c1-11-4-2-5-12(10-11)18-7-3-8-19(16,17)9-6-13(14)15/h2,4-5,10H,3,6-9H2,1H3,(H,14,15). The SMILES string of the molecule is Cc1cccc(OCCCS(=O)(=O)CCC(=O)O)c1. The lowest BCUT2D eigenvalue weighted by Gasteiger charge is -2.07. The third-order valence-corrected chi connectivity index (χ3v) is 4.22. The molecule has 0 aromatic heterocycles. The molecular weight excluding hydrogens is 268 g/mol. The van der Waals surface area contributed by atoms with Crippen LogP contribution >= 0.6 is 0 Å². The number of sulfone groups is 1. The van der Waals surface area contributed by atoms with Gasteiger partial charge in [0.2, 0.25) is 0 Å². The van der Waals surface area contributed by atoms with Crippen LogP contribution in [0.5, 0.6) is 5.75 Å². The first-order chi connectivity index (χ1) is 8.89. The van der Waals surface area contributed by atoms with Crippen molar-refractivity contribution in [3.63, 3.8) is 0 Å². The maximum Gasteiger partial charge on any atom is 0.304 e. The van der Waals surface area contributed by atoms with E-state index in [0.29, 0.717) is 18.8 Å². The third-order valence-electron chi connectivity index (χ3n) is 2.48. The lowest BCUT2D eigenvalue weighted by molar-refractivity contribution is -0.136. The Morgan fingerprint density at radius 2 is 2.05 bits per heavy atom. The highest BCUT2D eigenvalue weighted by Gasteiger charge is 2.12. The van der Waals surface area contributed by atoms with Crippen molar-refractivity contribution in [2.75, 3.05) is 18.1 Å². The van der Waals surface area contributed by atoms with Crippen molar-refractivity contribution in [2.24, 2.45) is 0 Å². The highest BCUT2D eigenvalue weighted by Crippen LogP contribution is 2.12. The predicted molar refractivity (Wildman–Crippen MR) is 72.2 cm³/mol. The summed E-state index contributed by atoms with van der Waals surface area (Å²) in [5, 5.41) is 8.43. The highest BCUT2D eigenvalue weighted by atomic mass is 32.2. The number of hydrogen-bond donors (Lipinski definition) is 1. The Hall–Kier alpha value is -1.56. The minimum Gasteiger partial charge on any atom is -0.494 e. The van der Waals surface area contributed by atoms with Crippen molar-refractivity contribution in [3.05, 3.63) is 29.8 Å². The average Bonchev–Trinajstić information content (AvgIpc) is 2.33. The molecule has 0 aliphatic rings. The van der Waals surface area contributed by atoms with Gasteiger partial charge in [0, 0.05) is 0 Å². The summed E-state index contributed by atoms with van der Waals surface area (Å²) in [4.78, 5) is 10.3. The van der Waals surface area contributed by atoms with E-state index < -0.39 is 15.8 Å². The lowest BCUT2D eigenvalue weighted by atomic mass is 10.2. The Morgan fingerprint density at radius 1 is 1.32 bits per heavy atom. The molecule has 0 amide bonds. The number of aliphatic carboxylic acids is 1. The van der Waals surface area contributed by atoms with Crippen LogP contribution < -0.4 is 4.74 Å². The normalized spacial score (nSPS) is 11.2. The van der Waals surface area contributed by atoms with Crippen molar-refractivity contribution in [1.29, 1.82) is 0 Å². The van der Waals surface area contributed by atoms with Gasteiger partial charge in [-0.2, -0.15) is 0 Å². The first-order valence-corrected chi connectivity index (χ1v) is 7.83. The van der Waals surface area contributed by atoms with Gasteiger partial charge in [-0.05, 0) is 31.0 Å². The second kappa shape index (κ2) is 7.13. The van der Waals surface area contributed by atoms with Crippen LogP contribution in [0, 0.1) is 6.92 Å². The van der Waals surface area contributed by atoms with E-state index in [1.165, 1.54) is 0 Å². The molecule has 1 rings (SSSR count). The van der Waals surface area contributed by atoms with Crippen LogP contribution in [0.2, 0.25) is 0 Å². The highest BCUT2D eigenvalue weighted by molar-refractivity contribution is 7.91. The van der Waals surface area contributed by atoms with Gasteiger partial charge in [0.15, 0.2) is 9.84 Å². The molecule has 0 saturated carbocycles. The molecule has 0 spiro atoms. The number of hydrogen-bond acceptors (Lipinski definition) is 4. The monoisotopic (exact) mass is 286 g/mol. The van der Waals surface area contributed by atoms with Gasteiger partial charge < -0.3 is 9.84 Å². The van der Waals surface area contributed by atoms with Crippen LogP contribution in [-0.4, -0.2) is 37.6 Å². The summed E-state index contributed by atoms with van der Waals surface area (Å²) in [7, 11) is -3.30. The van der Waals surface area contributed by atoms with Crippen LogP contribution in [-0.2, 0) is 14.6 Å². The molecule has 0 bridgehead atoms. The number of carboxylic acids is 1. The summed E-state index contributed by atoms with van der Waals surface area (Å²) in [6.07, 6.45) is 0.0109. The molecule has 19 heavy (non-hydrogen) atoms. The lowest BCUT2D eigenvalue weighted by Crippen LogP contribution is -2.16. The van der Waals surface area contributed by atoms with Gasteiger partial charge in [-0.25, -0.2) is 8.42 Å². The topological polar surface area (TPSA) is 80.7 Å². The Morgan fingerprint density at radius 3 is 2.68 bits per heavy atom. The smallest absolute Gasteiger partial charge is 0.304 e. The quantitative estimate of drug-likeness (QED) is 0.735. The molecule has 6 heteroatoms. The Labute approximate surface area is 113 Å². The van der Waals surface area contributed by atoms with Crippen molar-refractivity contribution < 1.29 is 23.1 Å². The van der Waals surface area contributed by atoms with Crippen LogP contribution in [0.3, 0.4) is 0 Å². The first kappa shape index (κ1) is 15.5. The summed E-state index contributed by atoms with van der Waals surface area (Å²) >= 11 is 0. The van der Waals surface area contributed by atoms with Crippen molar-refractivity contribution in [1.82, 2.24) is 0 Å². The molecule has 0 unspecified atom stereocenters. The molecule has 0 heterocycles. The van der Waals surface area contributed by atoms with E-state index in [4.69, 9.17) is 9.84 Å². The second-order valence-corrected chi connectivity index (χ2v) is 6.62. The number of ether oxygens (including phenoxy) is 1. The van der Waals surface area contributed by atoms with E-state index >= 15 is 0 Å². The Bertz CT molecular complexity index is 522. The van der Waals surface area contributed by atoms with Gasteiger partial charge in [-0.3, -0.25) is 4.79 Å². The zero-order valence-electron chi connectivity index (χ0n) is 10.8. The Kier molecular flexibility index (Phi) is 5.82. The number of carbonyl (C=O) groups is 1. The number of rotatable bonds is 8. The maximum atomic E-state index is 11.5. The maximum absolute atomic E-state index is 11.5. The van der Waals surface area contributed by atoms with Crippen LogP contribution in [0.25, 0.3) is 0 Å². The summed E-state index contributed by atoms with van der Waals surface area (Å²) < 4.78 is 28.4. The van der Waals surface area contributed by atoms with Gasteiger partial charge in [-0.15, -0.1) is 0 Å². The molecule has 0 radical (unpaired) electrons. The molecule has 5 nitrogen and oxygen atoms in total. The first-order valence-electron chi connectivity index (χ1n) is 6.01. The molecule has 1 aromatic rings. The van der Waals surface area contributed by atoms with Crippen LogP contribution in [0.1, 0.15) is 18.4 Å². The number of aryl methyl sites for hydroxylation is 1. The largest absolute Gasteiger partial charge is 0.494 e. The predicted octanol–water partition coefficient (Wildman–Crippen LogP) is 1.65. The molecule has 1 N–H and O–H groups in total. The second-order valence-electron chi connectivity index (χ2n) is 4.31. The van der Waals surface area contributed by atoms with Gasteiger partial charge in [-0.1, -0.05) is 12.1 Å². The zero-order valence-corrected chi connectivity index (χ0v) is 11.6. The Balaban J connectivity index is 2.29. The molecular formula is C13H18O5S. The van der Waals surface area contributed by atoms with E-state index in [9.17, 15) is 13.2 Å². The average molecular weight is 286 g/mol. The molecule has 0 aliphatic carbocycles. The van der Waals surface area contributed by atoms with E-state index in [0.717, 1.165) is 5.56 Å². The van der Waals surface area contributed by atoms with Crippen molar-refractivity contribution >= 4 is 15.8 Å². The van der Waals surface area contributed by atoms with Crippen molar-refractivity contribution in [3.8, 4) is 5.75 Å². The third kappa shape index (κ3) is 6.81. The molecule has 0 saturated heterocycles. The van der Waals surface area contributed by atoms with E-state index in [2.05, 4.69) is 0 Å². The summed E-state index contributed by atoms with van der Waals surface area (Å²) in [6.45, 7) is 2.25. The van der Waals surface area contributed by atoms with Gasteiger partial charge in [0.05, 0.1) is 24.5 Å². The summed E-state index contributed by atoms with van der Waals surface area (Å²) in [5.41, 5.74) is 1.08. The fourth-order valence-electron chi connectivity index (χ4n) is 1.52.